The quantitative estimate of drug-likeness (QED) is 0.885. The number of benzene rings is 1. The van der Waals surface area contributed by atoms with Crippen LogP contribution in [0.4, 0.5) is 17.3 Å². The molecule has 2 heterocycles. The van der Waals surface area contributed by atoms with Crippen molar-refractivity contribution in [2.45, 2.75) is 0 Å². The van der Waals surface area contributed by atoms with Gasteiger partial charge >= 0.3 is 0 Å². The summed E-state index contributed by atoms with van der Waals surface area (Å²) < 4.78 is 11.0. The second-order valence-electron chi connectivity index (χ2n) is 4.14. The van der Waals surface area contributed by atoms with Crippen molar-refractivity contribution in [1.82, 2.24) is 4.98 Å². The van der Waals surface area contributed by atoms with E-state index >= 15 is 0 Å². The highest BCUT2D eigenvalue weighted by Gasteiger charge is 2.11. The van der Waals surface area contributed by atoms with Gasteiger partial charge < -0.3 is 20.1 Å². The molecule has 2 aromatic rings. The van der Waals surface area contributed by atoms with E-state index in [9.17, 15) is 0 Å². The average molecular weight is 257 g/mol. The van der Waals surface area contributed by atoms with Crippen LogP contribution in [0.3, 0.4) is 0 Å². The van der Waals surface area contributed by atoms with Crippen LogP contribution in [0.25, 0.3) is 0 Å². The standard InChI is InChI=1S/C14H15N3O2/c1-15-13-3-2-4-14(17-13)16-10-5-6-11-12(9-10)19-8-7-18-11/h2-6,9H,7-8H2,1H3,(H2,15,16,17). The van der Waals surface area contributed by atoms with Gasteiger partial charge in [0.15, 0.2) is 11.5 Å². The lowest BCUT2D eigenvalue weighted by Crippen LogP contribution is -2.15. The number of anilines is 3. The van der Waals surface area contributed by atoms with Gasteiger partial charge in [0.25, 0.3) is 0 Å². The van der Waals surface area contributed by atoms with Gasteiger partial charge in [0, 0.05) is 18.8 Å². The number of pyridine rings is 1. The number of aromatic nitrogens is 1. The van der Waals surface area contributed by atoms with Crippen LogP contribution < -0.4 is 20.1 Å². The predicted molar refractivity (Wildman–Crippen MR) is 74.5 cm³/mol. The molecule has 0 bridgehead atoms. The second-order valence-corrected chi connectivity index (χ2v) is 4.14. The molecule has 1 aliphatic heterocycles. The molecule has 5 nitrogen and oxygen atoms in total. The van der Waals surface area contributed by atoms with Crippen molar-refractivity contribution in [3.63, 3.8) is 0 Å². The van der Waals surface area contributed by atoms with Crippen molar-refractivity contribution in [3.05, 3.63) is 36.4 Å². The molecule has 98 valence electrons. The Kier molecular flexibility index (Phi) is 3.10. The maximum Gasteiger partial charge on any atom is 0.163 e. The van der Waals surface area contributed by atoms with Gasteiger partial charge in [-0.2, -0.15) is 0 Å². The molecule has 5 heteroatoms. The van der Waals surface area contributed by atoms with Crippen LogP contribution in [0.1, 0.15) is 0 Å². The van der Waals surface area contributed by atoms with Crippen LogP contribution in [0, 0.1) is 0 Å². The van der Waals surface area contributed by atoms with Crippen LogP contribution in [0.15, 0.2) is 36.4 Å². The molecular formula is C14H15N3O2. The molecule has 0 spiro atoms. The zero-order valence-electron chi connectivity index (χ0n) is 10.6. The lowest BCUT2D eigenvalue weighted by molar-refractivity contribution is 0.171. The van der Waals surface area contributed by atoms with Crippen molar-refractivity contribution in [2.75, 3.05) is 30.9 Å². The monoisotopic (exact) mass is 257 g/mol. The number of hydrogen-bond acceptors (Lipinski definition) is 5. The molecule has 19 heavy (non-hydrogen) atoms. The molecule has 2 N–H and O–H groups in total. The first-order valence-corrected chi connectivity index (χ1v) is 6.16. The largest absolute Gasteiger partial charge is 0.486 e. The molecule has 1 aliphatic rings. The highest BCUT2D eigenvalue weighted by atomic mass is 16.6. The Bertz CT molecular complexity index is 587. The van der Waals surface area contributed by atoms with E-state index in [1.165, 1.54) is 0 Å². The molecule has 0 unspecified atom stereocenters. The highest BCUT2D eigenvalue weighted by molar-refractivity contribution is 5.62. The van der Waals surface area contributed by atoms with E-state index in [0.29, 0.717) is 13.2 Å². The second kappa shape index (κ2) is 5.06. The summed E-state index contributed by atoms with van der Waals surface area (Å²) in [6.45, 7) is 1.19. The Labute approximate surface area is 111 Å². The van der Waals surface area contributed by atoms with E-state index in [4.69, 9.17) is 9.47 Å². The first-order valence-electron chi connectivity index (χ1n) is 6.16. The summed E-state index contributed by atoms with van der Waals surface area (Å²) >= 11 is 0. The molecule has 0 aliphatic carbocycles. The highest BCUT2D eigenvalue weighted by Crippen LogP contribution is 2.33. The summed E-state index contributed by atoms with van der Waals surface area (Å²) in [6, 6.07) is 11.5. The van der Waals surface area contributed by atoms with Crippen LogP contribution >= 0.6 is 0 Å². The Morgan fingerprint density at radius 1 is 1.00 bits per heavy atom. The maximum absolute atomic E-state index is 5.55. The van der Waals surface area contributed by atoms with E-state index < -0.39 is 0 Å². The van der Waals surface area contributed by atoms with Gasteiger partial charge in [0.05, 0.1) is 0 Å². The van der Waals surface area contributed by atoms with Crippen molar-refractivity contribution < 1.29 is 9.47 Å². The van der Waals surface area contributed by atoms with Gasteiger partial charge in [-0.15, -0.1) is 0 Å². The van der Waals surface area contributed by atoms with E-state index in [-0.39, 0.29) is 0 Å². The molecule has 1 aromatic heterocycles. The molecule has 0 radical (unpaired) electrons. The fraction of sp³-hybridized carbons (Fsp3) is 0.214. The average Bonchev–Trinajstić information content (AvgIpc) is 2.47. The van der Waals surface area contributed by atoms with Crippen molar-refractivity contribution in [2.24, 2.45) is 0 Å². The van der Waals surface area contributed by atoms with Crippen molar-refractivity contribution in [3.8, 4) is 11.5 Å². The Morgan fingerprint density at radius 3 is 2.63 bits per heavy atom. The summed E-state index contributed by atoms with van der Waals surface area (Å²) in [5.41, 5.74) is 0.921. The topological polar surface area (TPSA) is 55.4 Å². The third-order valence-electron chi connectivity index (χ3n) is 2.82. The summed E-state index contributed by atoms with van der Waals surface area (Å²) in [6.07, 6.45) is 0. The summed E-state index contributed by atoms with van der Waals surface area (Å²) in [4.78, 5) is 4.40. The number of hydrogen-bond donors (Lipinski definition) is 2. The first-order chi connectivity index (χ1) is 9.35. The molecule has 0 fully saturated rings. The maximum atomic E-state index is 5.55. The van der Waals surface area contributed by atoms with E-state index in [0.717, 1.165) is 28.8 Å². The van der Waals surface area contributed by atoms with Crippen molar-refractivity contribution in [1.29, 1.82) is 0 Å². The molecule has 0 atom stereocenters. The fourth-order valence-electron chi connectivity index (χ4n) is 1.91. The number of nitrogens with zero attached hydrogens (tertiary/aromatic N) is 1. The Balaban J connectivity index is 1.82. The third kappa shape index (κ3) is 2.54. The predicted octanol–water partition coefficient (Wildman–Crippen LogP) is 2.64. The van der Waals surface area contributed by atoms with E-state index in [1.807, 2.05) is 43.4 Å². The van der Waals surface area contributed by atoms with Crippen LogP contribution in [-0.4, -0.2) is 25.2 Å². The van der Waals surface area contributed by atoms with Gasteiger partial charge in [0.2, 0.25) is 0 Å². The molecule has 0 saturated heterocycles. The van der Waals surface area contributed by atoms with Gasteiger partial charge in [-0.3, -0.25) is 0 Å². The Morgan fingerprint density at radius 2 is 1.79 bits per heavy atom. The molecule has 0 amide bonds. The first kappa shape index (κ1) is 11.6. The number of fused-ring (bicyclic) bond motifs is 1. The molecular weight excluding hydrogens is 242 g/mol. The summed E-state index contributed by atoms with van der Waals surface area (Å²) in [5, 5.41) is 6.25. The number of ether oxygens (including phenoxy) is 2. The SMILES string of the molecule is CNc1cccc(Nc2ccc3c(c2)OCCO3)n1. The fourth-order valence-corrected chi connectivity index (χ4v) is 1.91. The lowest BCUT2D eigenvalue weighted by atomic mass is 10.2. The van der Waals surface area contributed by atoms with Crippen LogP contribution in [-0.2, 0) is 0 Å². The normalized spacial score (nSPS) is 12.9. The lowest BCUT2D eigenvalue weighted by Gasteiger charge is -2.19. The minimum Gasteiger partial charge on any atom is -0.486 e. The zero-order chi connectivity index (χ0) is 13.1. The minimum absolute atomic E-state index is 0.587. The van der Waals surface area contributed by atoms with Crippen LogP contribution in [0.2, 0.25) is 0 Å². The summed E-state index contributed by atoms with van der Waals surface area (Å²) in [5.74, 6) is 3.15. The van der Waals surface area contributed by atoms with E-state index in [2.05, 4.69) is 15.6 Å². The van der Waals surface area contributed by atoms with Crippen molar-refractivity contribution >= 4 is 17.3 Å². The van der Waals surface area contributed by atoms with Gasteiger partial charge in [-0.1, -0.05) is 6.07 Å². The van der Waals surface area contributed by atoms with Gasteiger partial charge in [0.1, 0.15) is 24.8 Å². The molecule has 0 saturated carbocycles. The molecule has 1 aromatic carbocycles. The Hall–Kier alpha value is -2.43. The number of rotatable bonds is 3. The van der Waals surface area contributed by atoms with Crippen LogP contribution in [0.5, 0.6) is 11.5 Å². The van der Waals surface area contributed by atoms with Gasteiger partial charge in [-0.25, -0.2) is 4.98 Å². The summed E-state index contributed by atoms with van der Waals surface area (Å²) in [7, 11) is 1.84. The smallest absolute Gasteiger partial charge is 0.163 e. The third-order valence-corrected chi connectivity index (χ3v) is 2.82. The van der Waals surface area contributed by atoms with E-state index in [1.54, 1.807) is 0 Å². The number of nitrogens with one attached hydrogen (secondary N) is 2. The zero-order valence-corrected chi connectivity index (χ0v) is 10.6. The molecule has 3 rings (SSSR count). The van der Waals surface area contributed by atoms with Gasteiger partial charge in [-0.05, 0) is 24.3 Å². The minimum atomic E-state index is 0.587.